The van der Waals surface area contributed by atoms with Crippen molar-refractivity contribution >= 4 is 27.3 Å². The van der Waals surface area contributed by atoms with Crippen molar-refractivity contribution in [2.24, 2.45) is 0 Å². The SMILES string of the molecule is OC(c1ccsc1)c1cc(Br)ccc1F. The molecule has 0 spiro atoms. The summed E-state index contributed by atoms with van der Waals surface area (Å²) in [5.41, 5.74) is 1.01. The molecule has 1 N–H and O–H groups in total. The molecule has 0 radical (unpaired) electrons. The first-order valence-electron chi connectivity index (χ1n) is 4.33. The third-order valence-corrected chi connectivity index (χ3v) is 3.31. The molecular formula is C11H8BrFOS. The van der Waals surface area contributed by atoms with Gasteiger partial charge in [-0.1, -0.05) is 15.9 Å². The summed E-state index contributed by atoms with van der Waals surface area (Å²) in [5.74, 6) is -0.392. The first-order valence-corrected chi connectivity index (χ1v) is 6.07. The zero-order chi connectivity index (χ0) is 10.8. The molecule has 0 amide bonds. The van der Waals surface area contributed by atoms with Gasteiger partial charge in [-0.3, -0.25) is 0 Å². The van der Waals surface area contributed by atoms with Crippen LogP contribution in [0.3, 0.4) is 0 Å². The van der Waals surface area contributed by atoms with Gasteiger partial charge in [-0.25, -0.2) is 4.39 Å². The van der Waals surface area contributed by atoms with Gasteiger partial charge in [0.2, 0.25) is 0 Å². The molecule has 2 rings (SSSR count). The summed E-state index contributed by atoms with van der Waals surface area (Å²) in [7, 11) is 0. The maximum absolute atomic E-state index is 13.4. The molecular weight excluding hydrogens is 279 g/mol. The van der Waals surface area contributed by atoms with Crippen LogP contribution in [-0.2, 0) is 0 Å². The van der Waals surface area contributed by atoms with E-state index in [1.54, 1.807) is 18.2 Å². The van der Waals surface area contributed by atoms with Gasteiger partial charge in [-0.05, 0) is 40.6 Å². The van der Waals surface area contributed by atoms with E-state index in [0.717, 1.165) is 10.0 Å². The summed E-state index contributed by atoms with van der Waals surface area (Å²) >= 11 is 4.73. The van der Waals surface area contributed by atoms with Gasteiger partial charge < -0.3 is 5.11 Å². The van der Waals surface area contributed by atoms with Crippen LogP contribution < -0.4 is 0 Å². The monoisotopic (exact) mass is 286 g/mol. The molecule has 0 saturated carbocycles. The average Bonchev–Trinajstić information content (AvgIpc) is 2.74. The van der Waals surface area contributed by atoms with E-state index in [0.29, 0.717) is 5.56 Å². The van der Waals surface area contributed by atoms with Gasteiger partial charge in [0.25, 0.3) is 0 Å². The summed E-state index contributed by atoms with van der Waals surface area (Å²) in [6.07, 6.45) is -0.895. The second kappa shape index (κ2) is 4.43. The number of hydrogen-bond donors (Lipinski definition) is 1. The van der Waals surface area contributed by atoms with Gasteiger partial charge in [-0.15, -0.1) is 0 Å². The third-order valence-electron chi connectivity index (χ3n) is 2.11. The molecule has 1 aromatic carbocycles. The standard InChI is InChI=1S/C11H8BrFOS/c12-8-1-2-10(13)9(5-8)11(14)7-3-4-15-6-7/h1-6,11,14H. The molecule has 0 aliphatic carbocycles. The number of benzene rings is 1. The van der Waals surface area contributed by atoms with Crippen LogP contribution in [0.15, 0.2) is 39.5 Å². The molecule has 15 heavy (non-hydrogen) atoms. The summed E-state index contributed by atoms with van der Waals surface area (Å²) in [6, 6.07) is 6.33. The third kappa shape index (κ3) is 2.27. The van der Waals surface area contributed by atoms with Crippen LogP contribution in [0.5, 0.6) is 0 Å². The quantitative estimate of drug-likeness (QED) is 0.892. The van der Waals surface area contributed by atoms with Crippen LogP contribution in [0.25, 0.3) is 0 Å². The summed E-state index contributed by atoms with van der Waals surface area (Å²) in [6.45, 7) is 0. The normalized spacial score (nSPS) is 12.7. The molecule has 1 heterocycles. The number of halogens is 2. The second-order valence-corrected chi connectivity index (χ2v) is 4.82. The summed E-state index contributed by atoms with van der Waals surface area (Å²) < 4.78 is 14.2. The van der Waals surface area contributed by atoms with E-state index in [4.69, 9.17) is 0 Å². The Morgan fingerprint density at radius 2 is 2.13 bits per heavy atom. The van der Waals surface area contributed by atoms with E-state index >= 15 is 0 Å². The van der Waals surface area contributed by atoms with Crippen molar-refractivity contribution in [2.75, 3.05) is 0 Å². The number of aliphatic hydroxyl groups excluding tert-OH is 1. The van der Waals surface area contributed by atoms with Crippen LogP contribution in [0.2, 0.25) is 0 Å². The predicted molar refractivity (Wildman–Crippen MR) is 62.5 cm³/mol. The number of thiophene rings is 1. The van der Waals surface area contributed by atoms with E-state index in [1.165, 1.54) is 17.4 Å². The fraction of sp³-hybridized carbons (Fsp3) is 0.0909. The Bertz CT molecular complexity index is 456. The molecule has 1 atom stereocenters. The Balaban J connectivity index is 2.41. The minimum Gasteiger partial charge on any atom is -0.384 e. The molecule has 4 heteroatoms. The highest BCUT2D eigenvalue weighted by Gasteiger charge is 2.15. The molecule has 1 aromatic heterocycles. The van der Waals surface area contributed by atoms with Gasteiger partial charge >= 0.3 is 0 Å². The zero-order valence-corrected chi connectivity index (χ0v) is 10.1. The lowest BCUT2D eigenvalue weighted by Crippen LogP contribution is -2.01. The van der Waals surface area contributed by atoms with Crippen molar-refractivity contribution in [3.63, 3.8) is 0 Å². The fourth-order valence-electron chi connectivity index (χ4n) is 1.33. The zero-order valence-electron chi connectivity index (χ0n) is 7.65. The minimum atomic E-state index is -0.895. The highest BCUT2D eigenvalue weighted by Crippen LogP contribution is 2.27. The molecule has 0 bridgehead atoms. The molecule has 0 fully saturated rings. The van der Waals surface area contributed by atoms with Gasteiger partial charge in [0.15, 0.2) is 0 Å². The first-order chi connectivity index (χ1) is 7.18. The Morgan fingerprint density at radius 1 is 1.33 bits per heavy atom. The minimum absolute atomic E-state index is 0.294. The Labute approximate surface area is 99.3 Å². The van der Waals surface area contributed by atoms with Crippen LogP contribution >= 0.6 is 27.3 Å². The van der Waals surface area contributed by atoms with Crippen LogP contribution in [-0.4, -0.2) is 5.11 Å². The molecule has 0 aliphatic heterocycles. The fourth-order valence-corrected chi connectivity index (χ4v) is 2.39. The van der Waals surface area contributed by atoms with Crippen molar-refractivity contribution in [1.29, 1.82) is 0 Å². The van der Waals surface area contributed by atoms with Gasteiger partial charge in [0.1, 0.15) is 11.9 Å². The summed E-state index contributed by atoms with van der Waals surface area (Å²) in [4.78, 5) is 0. The lowest BCUT2D eigenvalue weighted by molar-refractivity contribution is 0.215. The van der Waals surface area contributed by atoms with E-state index in [9.17, 15) is 9.50 Å². The topological polar surface area (TPSA) is 20.2 Å². The molecule has 78 valence electrons. The van der Waals surface area contributed by atoms with Gasteiger partial charge in [-0.2, -0.15) is 11.3 Å². The molecule has 1 nitrogen and oxygen atoms in total. The van der Waals surface area contributed by atoms with E-state index in [1.807, 2.05) is 10.8 Å². The predicted octanol–water partition coefficient (Wildman–Crippen LogP) is 3.73. The van der Waals surface area contributed by atoms with Gasteiger partial charge in [0.05, 0.1) is 0 Å². The maximum atomic E-state index is 13.4. The van der Waals surface area contributed by atoms with Gasteiger partial charge in [0, 0.05) is 10.0 Å². The number of rotatable bonds is 2. The Morgan fingerprint density at radius 3 is 2.80 bits per heavy atom. The molecule has 0 aliphatic rings. The van der Waals surface area contributed by atoms with Crippen LogP contribution in [0, 0.1) is 5.82 Å². The molecule has 0 saturated heterocycles. The van der Waals surface area contributed by atoms with Crippen molar-refractivity contribution in [3.8, 4) is 0 Å². The molecule has 1 unspecified atom stereocenters. The maximum Gasteiger partial charge on any atom is 0.129 e. The molecule has 2 aromatic rings. The van der Waals surface area contributed by atoms with Crippen molar-refractivity contribution in [3.05, 3.63) is 56.4 Å². The van der Waals surface area contributed by atoms with Crippen molar-refractivity contribution < 1.29 is 9.50 Å². The van der Waals surface area contributed by atoms with E-state index in [-0.39, 0.29) is 0 Å². The van der Waals surface area contributed by atoms with Crippen molar-refractivity contribution in [2.45, 2.75) is 6.10 Å². The van der Waals surface area contributed by atoms with E-state index < -0.39 is 11.9 Å². The lowest BCUT2D eigenvalue weighted by Gasteiger charge is -2.10. The van der Waals surface area contributed by atoms with E-state index in [2.05, 4.69) is 15.9 Å². The van der Waals surface area contributed by atoms with Crippen LogP contribution in [0.4, 0.5) is 4.39 Å². The Kier molecular flexibility index (Phi) is 3.19. The number of hydrogen-bond acceptors (Lipinski definition) is 2. The first kappa shape index (κ1) is 10.8. The lowest BCUT2D eigenvalue weighted by atomic mass is 10.0. The van der Waals surface area contributed by atoms with Crippen LogP contribution in [0.1, 0.15) is 17.2 Å². The summed E-state index contributed by atoms with van der Waals surface area (Å²) in [5, 5.41) is 13.6. The largest absolute Gasteiger partial charge is 0.384 e. The average molecular weight is 287 g/mol. The Hall–Kier alpha value is -0.710. The highest BCUT2D eigenvalue weighted by atomic mass is 79.9. The number of aliphatic hydroxyl groups is 1. The smallest absolute Gasteiger partial charge is 0.129 e. The van der Waals surface area contributed by atoms with Crippen molar-refractivity contribution in [1.82, 2.24) is 0 Å². The second-order valence-electron chi connectivity index (χ2n) is 3.13. The highest BCUT2D eigenvalue weighted by molar-refractivity contribution is 9.10.